The number of aromatic nitrogens is 2. The number of ether oxygens (including phenoxy) is 1. The maximum absolute atomic E-state index is 14.4. The zero-order chi connectivity index (χ0) is 16.7. The van der Waals surface area contributed by atoms with Gasteiger partial charge in [0.2, 0.25) is 0 Å². The van der Waals surface area contributed by atoms with Crippen LogP contribution in [0.15, 0.2) is 35.1 Å². The summed E-state index contributed by atoms with van der Waals surface area (Å²) in [5.74, 6) is -2.57. The normalized spacial score (nSPS) is 11.0. The third-order valence-corrected chi connectivity index (χ3v) is 4.18. The van der Waals surface area contributed by atoms with Crippen LogP contribution in [0, 0.1) is 18.6 Å². The predicted octanol–water partition coefficient (Wildman–Crippen LogP) is 4.14. The van der Waals surface area contributed by atoms with Gasteiger partial charge in [0.05, 0.1) is 18.2 Å². The van der Waals surface area contributed by atoms with Crippen molar-refractivity contribution in [2.75, 3.05) is 7.11 Å². The van der Waals surface area contributed by atoms with Crippen LogP contribution < -0.4 is 0 Å². The number of rotatable bonds is 2. The third kappa shape index (κ3) is 2.61. The number of halogens is 3. The summed E-state index contributed by atoms with van der Waals surface area (Å²) in [5.41, 5.74) is 1.17. The average Bonchev–Trinajstić information content (AvgIpc) is 2.82. The van der Waals surface area contributed by atoms with Gasteiger partial charge in [-0.05, 0) is 52.7 Å². The topological polar surface area (TPSA) is 43.6 Å². The molecular formula is C16H11BrF2N2O2. The minimum Gasteiger partial charge on any atom is -0.465 e. The molecule has 118 valence electrons. The Bertz CT molecular complexity index is 914. The summed E-state index contributed by atoms with van der Waals surface area (Å²) in [4.78, 5) is 15.7. The van der Waals surface area contributed by atoms with E-state index in [1.165, 1.54) is 0 Å². The minimum absolute atomic E-state index is 0.127. The SMILES string of the molecule is COC(=O)c1cc(F)c(-c2nc3cc(C)ccn3c2Br)c(F)c1. The fourth-order valence-electron chi connectivity index (χ4n) is 2.31. The summed E-state index contributed by atoms with van der Waals surface area (Å²) in [6, 6.07) is 5.53. The molecule has 0 amide bonds. The van der Waals surface area contributed by atoms with E-state index >= 15 is 0 Å². The standard InChI is InChI=1S/C16H11BrF2N2O2/c1-8-3-4-21-12(5-8)20-14(15(21)17)13-10(18)6-9(7-11(13)19)16(22)23-2/h3-7H,1-2H3. The monoisotopic (exact) mass is 380 g/mol. The molecule has 3 aromatic rings. The Morgan fingerprint density at radius 1 is 1.26 bits per heavy atom. The Balaban J connectivity index is 2.23. The average molecular weight is 381 g/mol. The summed E-state index contributed by atoms with van der Waals surface area (Å²) < 4.78 is 35.3. The van der Waals surface area contributed by atoms with E-state index in [-0.39, 0.29) is 16.8 Å². The molecule has 0 bridgehead atoms. The Labute approximate surface area is 138 Å². The molecule has 3 rings (SSSR count). The lowest BCUT2D eigenvalue weighted by Gasteiger charge is -2.06. The van der Waals surface area contributed by atoms with E-state index in [4.69, 9.17) is 0 Å². The van der Waals surface area contributed by atoms with Crippen molar-refractivity contribution in [2.24, 2.45) is 0 Å². The molecule has 0 N–H and O–H groups in total. The van der Waals surface area contributed by atoms with Crippen LogP contribution in [0.1, 0.15) is 15.9 Å². The summed E-state index contributed by atoms with van der Waals surface area (Å²) in [7, 11) is 1.15. The minimum atomic E-state index is -0.883. The van der Waals surface area contributed by atoms with Gasteiger partial charge in [-0.1, -0.05) is 0 Å². The van der Waals surface area contributed by atoms with E-state index in [2.05, 4.69) is 25.7 Å². The highest BCUT2D eigenvalue weighted by molar-refractivity contribution is 9.10. The van der Waals surface area contributed by atoms with Gasteiger partial charge in [0, 0.05) is 6.20 Å². The van der Waals surface area contributed by atoms with Crippen molar-refractivity contribution >= 4 is 27.5 Å². The van der Waals surface area contributed by atoms with Crippen molar-refractivity contribution in [1.29, 1.82) is 0 Å². The molecule has 0 saturated carbocycles. The number of fused-ring (bicyclic) bond motifs is 1. The van der Waals surface area contributed by atoms with Crippen molar-refractivity contribution < 1.29 is 18.3 Å². The first-order valence-electron chi connectivity index (χ1n) is 6.64. The van der Waals surface area contributed by atoms with Gasteiger partial charge in [-0.15, -0.1) is 0 Å². The lowest BCUT2D eigenvalue weighted by molar-refractivity contribution is 0.0599. The van der Waals surface area contributed by atoms with Crippen LogP contribution in [-0.4, -0.2) is 22.5 Å². The molecule has 0 spiro atoms. The fourth-order valence-corrected chi connectivity index (χ4v) is 2.90. The van der Waals surface area contributed by atoms with E-state index in [0.29, 0.717) is 10.3 Å². The van der Waals surface area contributed by atoms with Crippen LogP contribution >= 0.6 is 15.9 Å². The van der Waals surface area contributed by atoms with Crippen LogP contribution in [0.4, 0.5) is 8.78 Å². The molecule has 0 aliphatic heterocycles. The van der Waals surface area contributed by atoms with Crippen molar-refractivity contribution in [3.63, 3.8) is 0 Å². The summed E-state index contributed by atoms with van der Waals surface area (Å²) in [6.07, 6.45) is 1.75. The second-order valence-electron chi connectivity index (χ2n) is 4.99. The second kappa shape index (κ2) is 5.73. The molecular weight excluding hydrogens is 370 g/mol. The molecule has 0 atom stereocenters. The van der Waals surface area contributed by atoms with Gasteiger partial charge in [0.15, 0.2) is 0 Å². The van der Waals surface area contributed by atoms with Gasteiger partial charge in [-0.3, -0.25) is 4.40 Å². The number of imidazole rings is 1. The Hall–Kier alpha value is -2.28. The van der Waals surface area contributed by atoms with Gasteiger partial charge < -0.3 is 4.74 Å². The molecule has 0 radical (unpaired) electrons. The molecule has 7 heteroatoms. The van der Waals surface area contributed by atoms with Gasteiger partial charge in [0.25, 0.3) is 0 Å². The fraction of sp³-hybridized carbons (Fsp3) is 0.125. The Morgan fingerprint density at radius 3 is 2.52 bits per heavy atom. The van der Waals surface area contributed by atoms with Crippen molar-refractivity contribution in [1.82, 2.24) is 9.38 Å². The number of hydrogen-bond acceptors (Lipinski definition) is 3. The molecule has 0 aliphatic carbocycles. The van der Waals surface area contributed by atoms with Gasteiger partial charge >= 0.3 is 5.97 Å². The van der Waals surface area contributed by atoms with E-state index in [9.17, 15) is 13.6 Å². The number of aryl methyl sites for hydroxylation is 1. The highest BCUT2D eigenvalue weighted by Gasteiger charge is 2.22. The molecule has 0 aliphatic rings. The van der Waals surface area contributed by atoms with Crippen molar-refractivity contribution in [3.05, 3.63) is 57.8 Å². The smallest absolute Gasteiger partial charge is 0.338 e. The lowest BCUT2D eigenvalue weighted by Crippen LogP contribution is -2.04. The maximum atomic E-state index is 14.4. The largest absolute Gasteiger partial charge is 0.465 e. The summed E-state index contributed by atoms with van der Waals surface area (Å²) >= 11 is 3.32. The number of pyridine rings is 1. The van der Waals surface area contributed by atoms with E-state index < -0.39 is 17.6 Å². The van der Waals surface area contributed by atoms with Crippen LogP contribution in [0.25, 0.3) is 16.9 Å². The number of carbonyl (C=O) groups is 1. The molecule has 23 heavy (non-hydrogen) atoms. The quantitative estimate of drug-likeness (QED) is 0.627. The first-order chi connectivity index (χ1) is 10.9. The van der Waals surface area contributed by atoms with Crippen LogP contribution in [-0.2, 0) is 4.74 Å². The highest BCUT2D eigenvalue weighted by atomic mass is 79.9. The van der Waals surface area contributed by atoms with Crippen molar-refractivity contribution in [2.45, 2.75) is 6.92 Å². The van der Waals surface area contributed by atoms with Crippen molar-refractivity contribution in [3.8, 4) is 11.3 Å². The molecule has 0 saturated heterocycles. The van der Waals surface area contributed by atoms with Gasteiger partial charge in [0.1, 0.15) is 27.6 Å². The molecule has 2 aromatic heterocycles. The number of nitrogens with zero attached hydrogens (tertiary/aromatic N) is 2. The Kier molecular flexibility index (Phi) is 3.89. The number of methoxy groups -OCH3 is 1. The first-order valence-corrected chi connectivity index (χ1v) is 7.43. The van der Waals surface area contributed by atoms with E-state index in [1.54, 1.807) is 16.7 Å². The molecule has 0 unspecified atom stereocenters. The number of hydrogen-bond donors (Lipinski definition) is 0. The second-order valence-corrected chi connectivity index (χ2v) is 5.74. The van der Waals surface area contributed by atoms with Gasteiger partial charge in [-0.2, -0.15) is 0 Å². The third-order valence-electron chi connectivity index (χ3n) is 3.42. The zero-order valence-electron chi connectivity index (χ0n) is 12.2. The maximum Gasteiger partial charge on any atom is 0.338 e. The molecule has 1 aromatic carbocycles. The van der Waals surface area contributed by atoms with Gasteiger partial charge in [-0.25, -0.2) is 18.6 Å². The number of benzene rings is 1. The molecule has 2 heterocycles. The highest BCUT2D eigenvalue weighted by Crippen LogP contribution is 2.33. The number of esters is 1. The van der Waals surface area contributed by atoms with E-state index in [0.717, 1.165) is 24.8 Å². The number of carbonyl (C=O) groups excluding carboxylic acids is 1. The molecule has 0 fully saturated rings. The zero-order valence-corrected chi connectivity index (χ0v) is 13.8. The summed E-state index contributed by atoms with van der Waals surface area (Å²) in [5, 5.41) is 0. The predicted molar refractivity (Wildman–Crippen MR) is 84.3 cm³/mol. The first kappa shape index (κ1) is 15.6. The van der Waals surface area contributed by atoms with Crippen LogP contribution in [0.5, 0.6) is 0 Å². The van der Waals surface area contributed by atoms with Crippen LogP contribution in [0.3, 0.4) is 0 Å². The van der Waals surface area contributed by atoms with E-state index in [1.807, 2.05) is 13.0 Å². The molecule has 4 nitrogen and oxygen atoms in total. The van der Waals surface area contributed by atoms with Crippen LogP contribution in [0.2, 0.25) is 0 Å². The lowest BCUT2D eigenvalue weighted by atomic mass is 10.1. The Morgan fingerprint density at radius 2 is 1.91 bits per heavy atom. The summed E-state index contributed by atoms with van der Waals surface area (Å²) in [6.45, 7) is 1.90.